The number of carbonyl (C=O) groups is 1. The van der Waals surface area contributed by atoms with Crippen LogP contribution in [0.15, 0.2) is 18.2 Å². The third-order valence-electron chi connectivity index (χ3n) is 2.64. The van der Waals surface area contributed by atoms with Gasteiger partial charge in [-0.3, -0.25) is 4.79 Å². The highest BCUT2D eigenvalue weighted by molar-refractivity contribution is 6.33. The molecule has 0 saturated heterocycles. The molecular formula is C14H22ClN3O. The molecule has 4 nitrogen and oxygen atoms in total. The number of anilines is 1. The average molecular weight is 284 g/mol. The number of primary amides is 1. The van der Waals surface area contributed by atoms with E-state index in [1.54, 1.807) is 11.9 Å². The summed E-state index contributed by atoms with van der Waals surface area (Å²) in [7, 11) is 1.79. The Kier molecular flexibility index (Phi) is 5.20. The van der Waals surface area contributed by atoms with Crippen molar-refractivity contribution in [3.63, 3.8) is 0 Å². The largest absolute Gasteiger partial charge is 0.368 e. The summed E-state index contributed by atoms with van der Waals surface area (Å²) in [6.07, 6.45) is 0. The maximum atomic E-state index is 10.9. The summed E-state index contributed by atoms with van der Waals surface area (Å²) in [5.74, 6) is -0.378. The third kappa shape index (κ3) is 5.49. The molecule has 1 amide bonds. The van der Waals surface area contributed by atoms with Crippen LogP contribution >= 0.6 is 11.6 Å². The molecule has 106 valence electrons. The smallest absolute Gasteiger partial charge is 0.236 e. The molecule has 0 radical (unpaired) electrons. The fraction of sp³-hybridized carbons (Fsp3) is 0.500. The van der Waals surface area contributed by atoms with Crippen molar-refractivity contribution in [2.24, 2.45) is 5.73 Å². The zero-order valence-corrected chi connectivity index (χ0v) is 12.7. The number of halogens is 1. The van der Waals surface area contributed by atoms with Gasteiger partial charge in [-0.15, -0.1) is 0 Å². The van der Waals surface area contributed by atoms with Crippen LogP contribution in [-0.4, -0.2) is 25.0 Å². The minimum absolute atomic E-state index is 0.0634. The van der Waals surface area contributed by atoms with Crippen molar-refractivity contribution in [3.8, 4) is 0 Å². The number of carbonyl (C=O) groups excluding carboxylic acids is 1. The van der Waals surface area contributed by atoms with Crippen molar-refractivity contribution in [3.05, 3.63) is 28.8 Å². The van der Waals surface area contributed by atoms with Gasteiger partial charge in [0.15, 0.2) is 0 Å². The van der Waals surface area contributed by atoms with Crippen molar-refractivity contribution in [2.75, 3.05) is 18.5 Å². The van der Waals surface area contributed by atoms with Crippen LogP contribution in [0.1, 0.15) is 26.3 Å². The first-order valence-electron chi connectivity index (χ1n) is 6.22. The predicted octanol–water partition coefficient (Wildman–Crippen LogP) is 2.15. The first kappa shape index (κ1) is 15.8. The molecule has 0 saturated carbocycles. The molecular weight excluding hydrogens is 262 g/mol. The second-order valence-electron chi connectivity index (χ2n) is 5.71. The second-order valence-corrected chi connectivity index (χ2v) is 6.12. The number of likely N-dealkylation sites (N-methyl/N-ethyl adjacent to an activating group) is 1. The van der Waals surface area contributed by atoms with Crippen LogP contribution < -0.4 is 16.0 Å². The number of hydrogen-bond acceptors (Lipinski definition) is 3. The number of nitrogens with one attached hydrogen (secondary N) is 1. The molecule has 1 aromatic carbocycles. The molecule has 3 N–H and O–H groups in total. The quantitative estimate of drug-likeness (QED) is 0.870. The summed E-state index contributed by atoms with van der Waals surface area (Å²) in [5.41, 5.74) is 7.15. The molecule has 0 bridgehead atoms. The maximum absolute atomic E-state index is 10.9. The van der Waals surface area contributed by atoms with E-state index in [-0.39, 0.29) is 18.0 Å². The lowest BCUT2D eigenvalue weighted by Gasteiger charge is -2.22. The lowest BCUT2D eigenvalue weighted by molar-refractivity contribution is -0.116. The van der Waals surface area contributed by atoms with Gasteiger partial charge in [0.2, 0.25) is 5.91 Å². The first-order valence-corrected chi connectivity index (χ1v) is 6.60. The van der Waals surface area contributed by atoms with E-state index in [1.165, 1.54) is 0 Å². The number of hydrogen-bond donors (Lipinski definition) is 2. The molecule has 19 heavy (non-hydrogen) atoms. The Morgan fingerprint density at radius 2 is 2.05 bits per heavy atom. The highest BCUT2D eigenvalue weighted by Gasteiger charge is 2.11. The lowest BCUT2D eigenvalue weighted by Crippen LogP contribution is -2.35. The predicted molar refractivity (Wildman–Crippen MR) is 80.5 cm³/mol. The molecule has 0 fully saturated rings. The number of benzene rings is 1. The van der Waals surface area contributed by atoms with E-state index in [0.717, 1.165) is 17.8 Å². The van der Waals surface area contributed by atoms with Gasteiger partial charge in [-0.25, -0.2) is 0 Å². The standard InChI is InChI=1S/C14H22ClN3O/c1-14(2,3)17-8-10-5-6-12(11(15)7-10)18(4)9-13(16)19/h5-7,17H,8-9H2,1-4H3,(H2,16,19). The van der Waals surface area contributed by atoms with E-state index in [0.29, 0.717) is 5.02 Å². The molecule has 0 heterocycles. The van der Waals surface area contributed by atoms with E-state index >= 15 is 0 Å². The van der Waals surface area contributed by atoms with Crippen LogP contribution in [0, 0.1) is 0 Å². The molecule has 0 aromatic heterocycles. The fourth-order valence-electron chi connectivity index (χ4n) is 1.66. The van der Waals surface area contributed by atoms with Gasteiger partial charge >= 0.3 is 0 Å². The summed E-state index contributed by atoms with van der Waals surface area (Å²) in [5, 5.41) is 4.02. The van der Waals surface area contributed by atoms with E-state index < -0.39 is 0 Å². The molecule has 0 aliphatic carbocycles. The lowest BCUT2D eigenvalue weighted by atomic mass is 10.1. The zero-order valence-electron chi connectivity index (χ0n) is 12.0. The van der Waals surface area contributed by atoms with Gasteiger partial charge in [-0.2, -0.15) is 0 Å². The van der Waals surface area contributed by atoms with Crippen molar-refractivity contribution < 1.29 is 4.79 Å². The van der Waals surface area contributed by atoms with Crippen molar-refractivity contribution in [1.82, 2.24) is 5.32 Å². The molecule has 0 atom stereocenters. The number of nitrogens with zero attached hydrogens (tertiary/aromatic N) is 1. The number of amides is 1. The average Bonchev–Trinajstić information content (AvgIpc) is 2.24. The summed E-state index contributed by atoms with van der Waals surface area (Å²) < 4.78 is 0. The summed E-state index contributed by atoms with van der Waals surface area (Å²) in [6, 6.07) is 5.81. The van der Waals surface area contributed by atoms with Gasteiger partial charge in [0, 0.05) is 19.1 Å². The Hall–Kier alpha value is -1.26. The molecule has 5 heteroatoms. The normalized spacial score (nSPS) is 11.4. The van der Waals surface area contributed by atoms with Gasteiger partial charge < -0.3 is 16.0 Å². The Bertz CT molecular complexity index is 454. The van der Waals surface area contributed by atoms with Gasteiger partial charge in [0.1, 0.15) is 0 Å². The molecule has 0 aliphatic heterocycles. The van der Waals surface area contributed by atoms with Crippen LogP contribution in [0.25, 0.3) is 0 Å². The topological polar surface area (TPSA) is 58.4 Å². The van der Waals surface area contributed by atoms with E-state index in [2.05, 4.69) is 26.1 Å². The van der Waals surface area contributed by atoms with Gasteiger partial charge in [-0.1, -0.05) is 17.7 Å². The second kappa shape index (κ2) is 6.26. The Morgan fingerprint density at radius 1 is 1.42 bits per heavy atom. The van der Waals surface area contributed by atoms with Crippen LogP contribution in [0.4, 0.5) is 5.69 Å². The SMILES string of the molecule is CN(CC(N)=O)c1ccc(CNC(C)(C)C)cc1Cl. The highest BCUT2D eigenvalue weighted by Crippen LogP contribution is 2.26. The van der Waals surface area contributed by atoms with Gasteiger partial charge in [0.05, 0.1) is 17.3 Å². The van der Waals surface area contributed by atoms with Crippen LogP contribution in [-0.2, 0) is 11.3 Å². The first-order chi connectivity index (χ1) is 8.69. The van der Waals surface area contributed by atoms with E-state index in [1.807, 2.05) is 18.2 Å². The number of rotatable bonds is 5. The summed E-state index contributed by atoms with van der Waals surface area (Å²) in [4.78, 5) is 12.6. The molecule has 1 aromatic rings. The summed E-state index contributed by atoms with van der Waals surface area (Å²) in [6.45, 7) is 7.25. The zero-order chi connectivity index (χ0) is 14.6. The van der Waals surface area contributed by atoms with Gasteiger partial charge in [0.25, 0.3) is 0 Å². The minimum atomic E-state index is -0.378. The van der Waals surface area contributed by atoms with Crippen LogP contribution in [0.2, 0.25) is 5.02 Å². The Labute approximate surface area is 119 Å². The van der Waals surface area contributed by atoms with E-state index in [4.69, 9.17) is 17.3 Å². The highest BCUT2D eigenvalue weighted by atomic mass is 35.5. The van der Waals surface area contributed by atoms with Crippen LogP contribution in [0.5, 0.6) is 0 Å². The Morgan fingerprint density at radius 3 is 2.53 bits per heavy atom. The monoisotopic (exact) mass is 283 g/mol. The molecule has 0 aliphatic rings. The van der Waals surface area contributed by atoms with Crippen molar-refractivity contribution >= 4 is 23.2 Å². The number of nitrogens with two attached hydrogens (primary N) is 1. The summed E-state index contributed by atoms with van der Waals surface area (Å²) >= 11 is 6.24. The van der Waals surface area contributed by atoms with Crippen molar-refractivity contribution in [2.45, 2.75) is 32.9 Å². The molecule has 0 spiro atoms. The van der Waals surface area contributed by atoms with Crippen molar-refractivity contribution in [1.29, 1.82) is 0 Å². The van der Waals surface area contributed by atoms with Gasteiger partial charge in [-0.05, 0) is 38.5 Å². The molecule has 0 unspecified atom stereocenters. The maximum Gasteiger partial charge on any atom is 0.236 e. The third-order valence-corrected chi connectivity index (χ3v) is 2.94. The van der Waals surface area contributed by atoms with Crippen LogP contribution in [0.3, 0.4) is 0 Å². The minimum Gasteiger partial charge on any atom is -0.368 e. The molecule has 1 rings (SSSR count). The fourth-order valence-corrected chi connectivity index (χ4v) is 2.00. The van der Waals surface area contributed by atoms with E-state index in [9.17, 15) is 4.79 Å². The Balaban J connectivity index is 2.77.